The third kappa shape index (κ3) is 3.93. The summed E-state index contributed by atoms with van der Waals surface area (Å²) in [5, 5.41) is 12.3. The summed E-state index contributed by atoms with van der Waals surface area (Å²) in [6, 6.07) is 5.88. The van der Waals surface area contributed by atoms with Crippen molar-refractivity contribution in [1.82, 2.24) is 10.3 Å². The lowest BCUT2D eigenvalue weighted by molar-refractivity contribution is 0.376. The molecule has 0 radical (unpaired) electrons. The molecular weight excluding hydrogens is 236 g/mol. The summed E-state index contributed by atoms with van der Waals surface area (Å²) < 4.78 is 0. The third-order valence-electron chi connectivity index (χ3n) is 3.60. The van der Waals surface area contributed by atoms with E-state index in [2.05, 4.69) is 28.2 Å². The summed E-state index contributed by atoms with van der Waals surface area (Å²) in [6.45, 7) is 6.59. The molecule has 1 aliphatic rings. The number of aromatic nitrogens is 1. The van der Waals surface area contributed by atoms with Gasteiger partial charge in [-0.2, -0.15) is 5.26 Å². The second kappa shape index (κ2) is 7.10. The summed E-state index contributed by atoms with van der Waals surface area (Å²) in [5.41, 5.74) is 1.62. The van der Waals surface area contributed by atoms with Gasteiger partial charge in [-0.25, -0.2) is 4.98 Å². The molecule has 102 valence electrons. The van der Waals surface area contributed by atoms with Gasteiger partial charge < -0.3 is 10.2 Å². The number of nitriles is 1. The fraction of sp³-hybridized carbons (Fsp3) is 0.600. The molecule has 0 amide bonds. The van der Waals surface area contributed by atoms with Crippen LogP contribution in [0.25, 0.3) is 0 Å². The predicted molar refractivity (Wildman–Crippen MR) is 77.0 cm³/mol. The molecule has 4 heteroatoms. The lowest BCUT2D eigenvalue weighted by Crippen LogP contribution is -2.38. The molecule has 0 bridgehead atoms. The zero-order chi connectivity index (χ0) is 13.5. The number of nitrogens with zero attached hydrogens (tertiary/aromatic N) is 3. The van der Waals surface area contributed by atoms with Gasteiger partial charge in [-0.05, 0) is 50.4 Å². The van der Waals surface area contributed by atoms with Crippen molar-refractivity contribution in [1.29, 1.82) is 5.26 Å². The van der Waals surface area contributed by atoms with E-state index < -0.39 is 0 Å². The minimum Gasteiger partial charge on any atom is -0.370 e. The zero-order valence-electron chi connectivity index (χ0n) is 11.6. The Hall–Kier alpha value is -1.60. The fourth-order valence-corrected chi connectivity index (χ4v) is 2.63. The van der Waals surface area contributed by atoms with Crippen LogP contribution in [0.1, 0.15) is 31.9 Å². The van der Waals surface area contributed by atoms with E-state index in [1.807, 2.05) is 12.3 Å². The Labute approximate surface area is 115 Å². The smallest absolute Gasteiger partial charge is 0.140 e. The van der Waals surface area contributed by atoms with Crippen LogP contribution in [0.2, 0.25) is 0 Å². The van der Waals surface area contributed by atoms with Crippen molar-refractivity contribution in [3.8, 4) is 6.07 Å². The summed E-state index contributed by atoms with van der Waals surface area (Å²) in [5.74, 6) is 0.718. The van der Waals surface area contributed by atoms with E-state index in [-0.39, 0.29) is 0 Å². The first-order valence-electron chi connectivity index (χ1n) is 7.15. The van der Waals surface area contributed by atoms with Gasteiger partial charge in [0.25, 0.3) is 0 Å². The second-order valence-electron chi connectivity index (χ2n) is 5.17. The Kier molecular flexibility index (Phi) is 5.17. The highest BCUT2D eigenvalue weighted by Gasteiger charge is 2.17. The standard InChI is InChI=1S/C15H22N4/c1-2-8-19(12-13-4-3-7-17-10-13)15-6-5-14(9-16)18-11-15/h5-6,11,13,17H,2-4,7-8,10,12H2,1H3. The van der Waals surface area contributed by atoms with Crippen LogP contribution in [-0.4, -0.2) is 31.2 Å². The normalized spacial score (nSPS) is 18.8. The van der Waals surface area contributed by atoms with Crippen LogP contribution in [-0.2, 0) is 0 Å². The van der Waals surface area contributed by atoms with E-state index in [0.717, 1.165) is 44.2 Å². The number of rotatable bonds is 5. The van der Waals surface area contributed by atoms with Crippen molar-refractivity contribution in [2.24, 2.45) is 5.92 Å². The van der Waals surface area contributed by atoms with Crippen LogP contribution in [0, 0.1) is 17.2 Å². The summed E-state index contributed by atoms with van der Waals surface area (Å²) >= 11 is 0. The SMILES string of the molecule is CCCN(CC1CCCNC1)c1ccc(C#N)nc1. The Balaban J connectivity index is 2.03. The van der Waals surface area contributed by atoms with Crippen LogP contribution < -0.4 is 10.2 Å². The summed E-state index contributed by atoms with van der Waals surface area (Å²) in [6.07, 6.45) is 5.53. The topological polar surface area (TPSA) is 52.0 Å². The van der Waals surface area contributed by atoms with Crippen molar-refractivity contribution in [3.63, 3.8) is 0 Å². The number of anilines is 1. The molecule has 1 N–H and O–H groups in total. The fourth-order valence-electron chi connectivity index (χ4n) is 2.63. The Morgan fingerprint density at radius 2 is 2.42 bits per heavy atom. The Bertz CT molecular complexity index is 415. The van der Waals surface area contributed by atoms with Gasteiger partial charge >= 0.3 is 0 Å². The number of hydrogen-bond donors (Lipinski definition) is 1. The molecule has 1 aromatic heterocycles. The molecule has 1 aliphatic heterocycles. The van der Waals surface area contributed by atoms with E-state index in [9.17, 15) is 0 Å². The third-order valence-corrected chi connectivity index (χ3v) is 3.60. The van der Waals surface area contributed by atoms with Gasteiger partial charge in [0.1, 0.15) is 11.8 Å². The molecule has 1 unspecified atom stereocenters. The van der Waals surface area contributed by atoms with Crippen LogP contribution in [0.5, 0.6) is 0 Å². The zero-order valence-corrected chi connectivity index (χ0v) is 11.6. The molecule has 1 fully saturated rings. The molecule has 1 atom stereocenters. The molecule has 2 heterocycles. The van der Waals surface area contributed by atoms with E-state index in [4.69, 9.17) is 5.26 Å². The molecule has 0 spiro atoms. The average Bonchev–Trinajstić information content (AvgIpc) is 2.48. The van der Waals surface area contributed by atoms with Crippen molar-refractivity contribution in [2.75, 3.05) is 31.1 Å². The van der Waals surface area contributed by atoms with Crippen LogP contribution >= 0.6 is 0 Å². The molecule has 0 aromatic carbocycles. The number of hydrogen-bond acceptors (Lipinski definition) is 4. The molecule has 1 saturated heterocycles. The van der Waals surface area contributed by atoms with Crippen LogP contribution in [0.3, 0.4) is 0 Å². The second-order valence-corrected chi connectivity index (χ2v) is 5.17. The monoisotopic (exact) mass is 258 g/mol. The van der Waals surface area contributed by atoms with Crippen LogP contribution in [0.4, 0.5) is 5.69 Å². The van der Waals surface area contributed by atoms with Gasteiger partial charge in [-0.1, -0.05) is 6.92 Å². The minimum atomic E-state index is 0.486. The molecule has 2 rings (SSSR count). The highest BCUT2D eigenvalue weighted by Crippen LogP contribution is 2.18. The first kappa shape index (κ1) is 13.8. The Morgan fingerprint density at radius 3 is 3.00 bits per heavy atom. The quantitative estimate of drug-likeness (QED) is 0.879. The Morgan fingerprint density at radius 1 is 1.53 bits per heavy atom. The first-order valence-corrected chi connectivity index (χ1v) is 7.15. The summed E-state index contributed by atoms with van der Waals surface area (Å²) in [7, 11) is 0. The van der Waals surface area contributed by atoms with Crippen molar-refractivity contribution >= 4 is 5.69 Å². The average molecular weight is 258 g/mol. The largest absolute Gasteiger partial charge is 0.370 e. The summed E-state index contributed by atoms with van der Waals surface area (Å²) in [4.78, 5) is 6.57. The van der Waals surface area contributed by atoms with E-state index in [1.54, 1.807) is 6.07 Å². The van der Waals surface area contributed by atoms with Gasteiger partial charge in [0.15, 0.2) is 0 Å². The highest BCUT2D eigenvalue weighted by atomic mass is 15.1. The predicted octanol–water partition coefficient (Wildman–Crippen LogP) is 2.17. The van der Waals surface area contributed by atoms with Gasteiger partial charge in [-0.3, -0.25) is 0 Å². The van der Waals surface area contributed by atoms with Gasteiger partial charge in [-0.15, -0.1) is 0 Å². The van der Waals surface area contributed by atoms with Gasteiger partial charge in [0.2, 0.25) is 0 Å². The number of nitrogens with one attached hydrogen (secondary N) is 1. The van der Waals surface area contributed by atoms with Gasteiger partial charge in [0.05, 0.1) is 11.9 Å². The molecule has 19 heavy (non-hydrogen) atoms. The number of pyridine rings is 1. The lowest BCUT2D eigenvalue weighted by atomic mass is 9.99. The maximum Gasteiger partial charge on any atom is 0.140 e. The molecular formula is C15H22N4. The van der Waals surface area contributed by atoms with Crippen molar-refractivity contribution in [3.05, 3.63) is 24.0 Å². The number of piperidine rings is 1. The molecule has 0 aliphatic carbocycles. The van der Waals surface area contributed by atoms with Crippen LogP contribution in [0.15, 0.2) is 18.3 Å². The van der Waals surface area contributed by atoms with Gasteiger partial charge in [0, 0.05) is 13.1 Å². The maximum atomic E-state index is 8.80. The van der Waals surface area contributed by atoms with E-state index in [1.165, 1.54) is 12.8 Å². The van der Waals surface area contributed by atoms with E-state index in [0.29, 0.717) is 5.69 Å². The molecule has 0 saturated carbocycles. The molecule has 4 nitrogen and oxygen atoms in total. The van der Waals surface area contributed by atoms with Crippen molar-refractivity contribution in [2.45, 2.75) is 26.2 Å². The highest BCUT2D eigenvalue weighted by molar-refractivity contribution is 5.45. The lowest BCUT2D eigenvalue weighted by Gasteiger charge is -2.31. The molecule has 1 aromatic rings. The first-order chi connectivity index (χ1) is 9.33. The minimum absolute atomic E-state index is 0.486. The van der Waals surface area contributed by atoms with E-state index >= 15 is 0 Å². The van der Waals surface area contributed by atoms with Crippen molar-refractivity contribution < 1.29 is 0 Å². The maximum absolute atomic E-state index is 8.80.